The Morgan fingerprint density at radius 1 is 0.467 bits per heavy atom. The quantitative estimate of drug-likeness (QED) is 0.176. The fraction of sp³-hybridized carbons (Fsp3) is 1.00. The molecular formula is CH17Cl29Si15. The Bertz CT molecular complexity index is 578. The Kier molecular flexibility index (Phi) is 61.0. The number of rotatable bonds is 7. The van der Waals surface area contributed by atoms with E-state index < -0.39 is 93.7 Å². The maximum atomic E-state index is 5.70. The standard InChI is InChI=1S/CH6Cl2Si2.Cl6H2Si3.2Cl5HSi2.2Cl4H2Si2.Cl3H3Si2/c1-5(2,3)4;1-7-9(5,6)8(2,3)4;2*1-6(2)7(3,4)5;1-5-6(2,3)4;1-5(2)6(3)4;1-4-5(2)3/h1,4H3;7H2;2*6H;5H2;5-6H;5H,4H2. The van der Waals surface area contributed by atoms with E-state index in [0.717, 1.165) is 9.76 Å². The van der Waals surface area contributed by atoms with Crippen molar-refractivity contribution in [3.05, 3.63) is 0 Å². The van der Waals surface area contributed by atoms with Crippen molar-refractivity contribution in [2.24, 2.45) is 0 Å². The molecule has 284 valence electrons. The summed E-state index contributed by atoms with van der Waals surface area (Å²) >= 11 is 156. The van der Waals surface area contributed by atoms with Crippen LogP contribution in [0.25, 0.3) is 0 Å². The third kappa shape index (κ3) is 80.4. The lowest BCUT2D eigenvalue weighted by atomic mass is 11.9. The molecule has 0 heterocycles. The molecule has 0 saturated heterocycles. The molecule has 0 unspecified atom stereocenters. The van der Waals surface area contributed by atoms with Crippen molar-refractivity contribution in [2.75, 3.05) is 0 Å². The van der Waals surface area contributed by atoms with Crippen molar-refractivity contribution in [3.8, 4) is 0 Å². The summed E-state index contributed by atoms with van der Waals surface area (Å²) in [4.78, 5) is 0. The Hall–Kier alpha value is 11.7. The Morgan fingerprint density at radius 3 is 0.622 bits per heavy atom. The van der Waals surface area contributed by atoms with Gasteiger partial charge in [-0.2, -0.15) is 122 Å². The number of hydrogen-bond acceptors (Lipinski definition) is 0. The number of hydrogen-bond donors (Lipinski definition) is 0. The van der Waals surface area contributed by atoms with Crippen molar-refractivity contribution in [1.82, 2.24) is 0 Å². The van der Waals surface area contributed by atoms with Crippen LogP contribution in [0.3, 0.4) is 0 Å². The van der Waals surface area contributed by atoms with Crippen molar-refractivity contribution >= 4 is 425 Å². The van der Waals surface area contributed by atoms with Crippen LogP contribution in [0.2, 0.25) is 6.55 Å². The molecule has 45 heavy (non-hydrogen) atoms. The molecule has 0 N–H and O–H groups in total. The van der Waals surface area contributed by atoms with Gasteiger partial charge in [0, 0.05) is 9.76 Å². The van der Waals surface area contributed by atoms with Crippen LogP contribution < -0.4 is 0 Å². The van der Waals surface area contributed by atoms with Gasteiger partial charge in [-0.3, -0.25) is 0 Å². The maximum Gasteiger partial charge on any atom is 0.356 e. The Morgan fingerprint density at radius 2 is 0.622 bits per heavy atom. The van der Waals surface area contributed by atoms with E-state index in [0.29, 0.717) is 0 Å². The van der Waals surface area contributed by atoms with E-state index in [1.165, 1.54) is 0 Å². The second-order valence-corrected chi connectivity index (χ2v) is 155. The zero-order valence-electron chi connectivity index (χ0n) is 21.0. The topological polar surface area (TPSA) is 0 Å². The molecule has 0 saturated carbocycles. The zero-order valence-corrected chi connectivity index (χ0v) is 60.9. The average Bonchev–Trinajstić information content (AvgIpc) is 2.77. The molecule has 0 radical (unpaired) electrons. The summed E-state index contributed by atoms with van der Waals surface area (Å²) in [6, 6.07) is 0. The normalized spacial score (nSPS) is 13.1. The fourth-order valence-electron chi connectivity index (χ4n) is 0.0758. The summed E-state index contributed by atoms with van der Waals surface area (Å²) in [6.07, 6.45) is -1.53. The van der Waals surface area contributed by atoms with Crippen LogP contribution in [0.15, 0.2) is 0 Å². The molecule has 0 spiro atoms. The molecule has 0 aliphatic rings. The zero-order chi connectivity index (χ0) is 39.0. The van der Waals surface area contributed by atoms with E-state index in [4.69, 9.17) is 321 Å². The van der Waals surface area contributed by atoms with Crippen LogP contribution in [0, 0.1) is 0 Å². The molecule has 0 aromatic heterocycles. The van der Waals surface area contributed by atoms with Crippen LogP contribution in [-0.2, 0) is 0 Å². The van der Waals surface area contributed by atoms with Crippen LogP contribution in [0.4, 0.5) is 0 Å². The van der Waals surface area contributed by atoms with Crippen molar-refractivity contribution in [2.45, 2.75) is 6.55 Å². The Balaban J connectivity index is -0.0000000756. The summed E-state index contributed by atoms with van der Waals surface area (Å²) in [5, 5.41) is 0. The molecule has 0 amide bonds. The first-order valence-electron chi connectivity index (χ1n) is 9.28. The third-order valence-electron chi connectivity index (χ3n) is 1.54. The van der Waals surface area contributed by atoms with E-state index >= 15 is 0 Å². The highest BCUT2D eigenvalue weighted by atomic mass is 35.9. The van der Waals surface area contributed by atoms with Crippen LogP contribution >= 0.6 is 321 Å². The van der Waals surface area contributed by atoms with Crippen LogP contribution in [0.5, 0.6) is 0 Å². The second kappa shape index (κ2) is 38.6. The van der Waals surface area contributed by atoms with E-state index in [1.807, 2.05) is 6.55 Å². The van der Waals surface area contributed by atoms with Gasteiger partial charge in [0.15, 0.2) is 16.7 Å². The van der Waals surface area contributed by atoms with Gasteiger partial charge in [0.05, 0.1) is 0 Å². The van der Waals surface area contributed by atoms with Gasteiger partial charge in [-0.05, 0) is 6.55 Å². The molecule has 0 aromatic rings. The molecule has 0 aromatic carbocycles. The van der Waals surface area contributed by atoms with Gasteiger partial charge in [-0.1, -0.05) is 0 Å². The monoisotopic (exact) mass is 1460 g/mol. The lowest BCUT2D eigenvalue weighted by molar-refractivity contribution is 2.31. The molecule has 0 aliphatic carbocycles. The lowest BCUT2D eigenvalue weighted by Gasteiger charge is -2.18. The molecule has 0 bridgehead atoms. The predicted octanol–water partition coefficient (Wildman–Crippen LogP) is 11.1. The largest absolute Gasteiger partial charge is 0.356 e. The maximum absolute atomic E-state index is 5.70. The predicted molar refractivity (Wildman–Crippen MR) is 281 cm³/mol. The average molecular weight is 1480 g/mol. The van der Waals surface area contributed by atoms with Gasteiger partial charge in [-0.15, -0.1) is 199 Å². The second-order valence-electron chi connectivity index (χ2n) is 6.31. The minimum atomic E-state index is -2.87. The van der Waals surface area contributed by atoms with Crippen molar-refractivity contribution in [3.63, 3.8) is 0 Å². The number of halogens is 29. The molecule has 0 rings (SSSR count). The van der Waals surface area contributed by atoms with Gasteiger partial charge < -0.3 is 0 Å². The Labute approximate surface area is 422 Å². The summed E-state index contributed by atoms with van der Waals surface area (Å²) < 4.78 is 0. The molecule has 44 heteroatoms. The first-order chi connectivity index (χ1) is 19.2. The van der Waals surface area contributed by atoms with Crippen LogP contribution in [-0.4, -0.2) is 103 Å². The van der Waals surface area contributed by atoms with Gasteiger partial charge in [0.1, 0.15) is 8.35 Å². The van der Waals surface area contributed by atoms with Crippen molar-refractivity contribution in [1.29, 1.82) is 0 Å². The highest BCUT2D eigenvalue weighted by molar-refractivity contribution is 8.12. The first kappa shape index (κ1) is 71.2. The van der Waals surface area contributed by atoms with Gasteiger partial charge >= 0.3 is 22.1 Å². The van der Waals surface area contributed by atoms with E-state index in [1.54, 1.807) is 0 Å². The minimum Gasteiger partial charge on any atom is -0.177 e. The third-order valence-corrected chi connectivity index (χ3v) is 124. The van der Waals surface area contributed by atoms with Gasteiger partial charge in [0.2, 0.25) is 13.1 Å². The van der Waals surface area contributed by atoms with E-state index in [9.17, 15) is 0 Å². The highest BCUT2D eigenvalue weighted by Gasteiger charge is 2.52. The van der Waals surface area contributed by atoms with Crippen molar-refractivity contribution < 1.29 is 0 Å². The first-order valence-corrected chi connectivity index (χ1v) is 80.6. The summed E-state index contributed by atoms with van der Waals surface area (Å²) in [6.45, 7) is -6.60. The van der Waals surface area contributed by atoms with E-state index in [2.05, 4.69) is 0 Å². The van der Waals surface area contributed by atoms with Crippen LogP contribution in [0.1, 0.15) is 0 Å². The summed E-state index contributed by atoms with van der Waals surface area (Å²) in [5.41, 5.74) is -13.1. The molecule has 0 nitrogen and oxygen atoms in total. The molecule has 0 fully saturated rings. The molecule has 0 atom stereocenters. The molecule has 0 aliphatic heterocycles. The summed E-state index contributed by atoms with van der Waals surface area (Å²) in [5.74, 6) is 0. The lowest BCUT2D eigenvalue weighted by Crippen LogP contribution is -2.46. The van der Waals surface area contributed by atoms with Gasteiger partial charge in [0.25, 0.3) is 33.5 Å². The van der Waals surface area contributed by atoms with E-state index in [-0.39, 0.29) is 0 Å². The summed E-state index contributed by atoms with van der Waals surface area (Å²) in [7, 11) is -1.43. The smallest absolute Gasteiger partial charge is 0.177 e. The fourth-order valence-corrected chi connectivity index (χ4v) is 18.4. The van der Waals surface area contributed by atoms with Gasteiger partial charge in [-0.25, -0.2) is 0 Å². The highest BCUT2D eigenvalue weighted by Crippen LogP contribution is 2.36. The minimum absolute atomic E-state index is 0.509. The molecular weight excluding hydrogens is 1460 g/mol. The SMILES string of the molecule is C[Si]([SiH3])(Cl)Cl.Cl[SiH2][SiH](Cl)Cl.Cl[SiH2][Si](Cl)(Cl)Cl.Cl[SiH2][Si](Cl)(Cl)[Si](Cl)(Cl)Cl.Cl[SiH](Cl)[SiH](Cl)Cl.Cl[SiH](Cl)[Si](Cl)(Cl)Cl.Cl[SiH](Cl)[Si](Cl)(Cl)Cl.